The zero-order valence-electron chi connectivity index (χ0n) is 9.97. The third-order valence-corrected chi connectivity index (χ3v) is 4.00. The Morgan fingerprint density at radius 3 is 2.70 bits per heavy atom. The highest BCUT2D eigenvalue weighted by Crippen LogP contribution is 2.24. The summed E-state index contributed by atoms with van der Waals surface area (Å²) in [4.78, 5) is 3.57. The summed E-state index contributed by atoms with van der Waals surface area (Å²) >= 11 is 5.60. The van der Waals surface area contributed by atoms with E-state index >= 15 is 0 Å². The van der Waals surface area contributed by atoms with E-state index in [9.17, 15) is 12.8 Å². The lowest BCUT2D eigenvalue weighted by atomic mass is 10.3. The number of nitrogen functional groups attached to an aromatic ring is 1. The summed E-state index contributed by atoms with van der Waals surface area (Å²) in [6.45, 7) is 0. The molecule has 0 bridgehead atoms. The van der Waals surface area contributed by atoms with Crippen LogP contribution in [0.1, 0.15) is 0 Å². The summed E-state index contributed by atoms with van der Waals surface area (Å²) in [7, 11) is -4.03. The highest BCUT2D eigenvalue weighted by atomic mass is 35.5. The maximum absolute atomic E-state index is 13.6. The lowest BCUT2D eigenvalue weighted by molar-refractivity contribution is 0.598. The lowest BCUT2D eigenvalue weighted by Gasteiger charge is -2.11. The molecule has 2 rings (SSSR count). The minimum absolute atomic E-state index is 0.0469. The molecule has 0 aliphatic heterocycles. The second kappa shape index (κ2) is 5.61. The molecule has 1 aromatic carbocycles. The van der Waals surface area contributed by atoms with Gasteiger partial charge in [0.25, 0.3) is 10.0 Å². The molecule has 4 N–H and O–H groups in total. The van der Waals surface area contributed by atoms with Gasteiger partial charge in [0.1, 0.15) is 10.7 Å². The summed E-state index contributed by atoms with van der Waals surface area (Å²) < 4.78 is 40.1. The van der Waals surface area contributed by atoms with Crippen molar-refractivity contribution < 1.29 is 12.8 Å². The van der Waals surface area contributed by atoms with E-state index in [4.69, 9.17) is 17.4 Å². The fourth-order valence-electron chi connectivity index (χ4n) is 1.49. The molecule has 0 atom stereocenters. The van der Waals surface area contributed by atoms with Crippen LogP contribution in [0.3, 0.4) is 0 Å². The standard InChI is InChI=1S/C11H10ClFN4O2S/c12-7-3-4-9(8(13)6-7)17-20(18,19)10-2-1-5-15-11(10)16-14/h1-6,17H,14H2,(H,15,16). The number of aromatic nitrogens is 1. The van der Waals surface area contributed by atoms with Crippen molar-refractivity contribution in [3.05, 3.63) is 47.4 Å². The molecule has 0 spiro atoms. The average molecular weight is 317 g/mol. The zero-order chi connectivity index (χ0) is 14.8. The molecule has 0 amide bonds. The number of nitrogens with two attached hydrogens (primary N) is 1. The van der Waals surface area contributed by atoms with Crippen LogP contribution in [-0.2, 0) is 10.0 Å². The summed E-state index contributed by atoms with van der Waals surface area (Å²) in [5.74, 6) is 4.36. The van der Waals surface area contributed by atoms with Gasteiger partial charge in [0.15, 0.2) is 5.82 Å². The topological polar surface area (TPSA) is 97.1 Å². The number of nitrogens with one attached hydrogen (secondary N) is 2. The number of nitrogens with zero attached hydrogens (tertiary/aromatic N) is 1. The maximum Gasteiger partial charge on any atom is 0.265 e. The first-order valence-electron chi connectivity index (χ1n) is 5.33. The molecule has 1 heterocycles. The minimum Gasteiger partial charge on any atom is -0.307 e. The van der Waals surface area contributed by atoms with Gasteiger partial charge < -0.3 is 5.43 Å². The molecular weight excluding hydrogens is 307 g/mol. The van der Waals surface area contributed by atoms with Crippen LogP contribution in [0.4, 0.5) is 15.9 Å². The summed E-state index contributed by atoms with van der Waals surface area (Å²) in [5, 5.41) is 0.163. The highest BCUT2D eigenvalue weighted by Gasteiger charge is 2.20. The van der Waals surface area contributed by atoms with Gasteiger partial charge in [-0.25, -0.2) is 23.6 Å². The number of pyridine rings is 1. The Labute approximate surface area is 119 Å². The smallest absolute Gasteiger partial charge is 0.265 e. The molecule has 0 fully saturated rings. The Morgan fingerprint density at radius 1 is 1.30 bits per heavy atom. The van der Waals surface area contributed by atoms with Crippen molar-refractivity contribution >= 4 is 33.1 Å². The molecule has 0 aliphatic rings. The number of hydrogen-bond acceptors (Lipinski definition) is 5. The monoisotopic (exact) mass is 316 g/mol. The highest BCUT2D eigenvalue weighted by molar-refractivity contribution is 7.92. The van der Waals surface area contributed by atoms with Gasteiger partial charge in [-0.3, -0.25) is 4.72 Å². The Kier molecular flexibility index (Phi) is 4.07. The van der Waals surface area contributed by atoms with E-state index in [1.165, 1.54) is 30.5 Å². The molecule has 2 aromatic rings. The minimum atomic E-state index is -4.03. The number of hydrazine groups is 1. The van der Waals surface area contributed by atoms with Crippen LogP contribution in [-0.4, -0.2) is 13.4 Å². The fourth-order valence-corrected chi connectivity index (χ4v) is 2.84. The SMILES string of the molecule is NNc1ncccc1S(=O)(=O)Nc1ccc(Cl)cc1F. The zero-order valence-corrected chi connectivity index (χ0v) is 11.5. The van der Waals surface area contributed by atoms with Gasteiger partial charge in [0.05, 0.1) is 5.69 Å². The third kappa shape index (κ3) is 2.98. The predicted octanol–water partition coefficient (Wildman–Crippen LogP) is 1.96. The molecule has 20 heavy (non-hydrogen) atoms. The van der Waals surface area contributed by atoms with Crippen molar-refractivity contribution in [3.63, 3.8) is 0 Å². The van der Waals surface area contributed by atoms with Gasteiger partial charge in [0, 0.05) is 11.2 Å². The van der Waals surface area contributed by atoms with Crippen molar-refractivity contribution in [2.75, 3.05) is 10.1 Å². The number of rotatable bonds is 4. The fraction of sp³-hybridized carbons (Fsp3) is 0. The molecular formula is C11H10ClFN4O2S. The van der Waals surface area contributed by atoms with Crippen molar-refractivity contribution in [1.29, 1.82) is 0 Å². The van der Waals surface area contributed by atoms with Crippen LogP contribution < -0.4 is 16.0 Å². The van der Waals surface area contributed by atoms with E-state index in [1.807, 2.05) is 0 Å². The quantitative estimate of drug-likeness (QED) is 0.592. The van der Waals surface area contributed by atoms with Gasteiger partial charge in [-0.2, -0.15) is 0 Å². The van der Waals surface area contributed by atoms with Gasteiger partial charge in [0.2, 0.25) is 0 Å². The summed E-state index contributed by atoms with van der Waals surface area (Å²) in [6, 6.07) is 6.31. The molecule has 106 valence electrons. The molecule has 6 nitrogen and oxygen atoms in total. The molecule has 0 saturated heterocycles. The van der Waals surface area contributed by atoms with Crippen LogP contribution in [0.15, 0.2) is 41.4 Å². The number of anilines is 2. The van der Waals surface area contributed by atoms with Crippen LogP contribution >= 0.6 is 11.6 Å². The second-order valence-electron chi connectivity index (χ2n) is 3.72. The van der Waals surface area contributed by atoms with E-state index in [-0.39, 0.29) is 21.4 Å². The third-order valence-electron chi connectivity index (χ3n) is 2.37. The van der Waals surface area contributed by atoms with E-state index in [1.54, 1.807) is 0 Å². The van der Waals surface area contributed by atoms with Gasteiger partial charge >= 0.3 is 0 Å². The van der Waals surface area contributed by atoms with Gasteiger partial charge in [-0.05, 0) is 30.3 Å². The van der Waals surface area contributed by atoms with Crippen LogP contribution in [0.5, 0.6) is 0 Å². The Bertz CT molecular complexity index is 739. The van der Waals surface area contributed by atoms with Crippen LogP contribution in [0, 0.1) is 5.82 Å². The predicted molar refractivity (Wildman–Crippen MR) is 74.3 cm³/mol. The van der Waals surface area contributed by atoms with Crippen molar-refractivity contribution in [2.45, 2.75) is 4.90 Å². The summed E-state index contributed by atoms with van der Waals surface area (Å²) in [6.07, 6.45) is 1.37. The Balaban J connectivity index is 2.41. The summed E-state index contributed by atoms with van der Waals surface area (Å²) in [5.41, 5.74) is 1.94. The second-order valence-corrected chi connectivity index (χ2v) is 5.81. The van der Waals surface area contributed by atoms with Crippen molar-refractivity contribution in [3.8, 4) is 0 Å². The molecule has 1 aromatic heterocycles. The number of hydrogen-bond donors (Lipinski definition) is 3. The van der Waals surface area contributed by atoms with Crippen molar-refractivity contribution in [1.82, 2.24) is 4.98 Å². The molecule has 0 unspecified atom stereocenters. The van der Waals surface area contributed by atoms with Crippen LogP contribution in [0.25, 0.3) is 0 Å². The van der Waals surface area contributed by atoms with Gasteiger partial charge in [-0.1, -0.05) is 11.6 Å². The van der Waals surface area contributed by atoms with Crippen molar-refractivity contribution in [2.24, 2.45) is 5.84 Å². The molecule has 0 saturated carbocycles. The largest absolute Gasteiger partial charge is 0.307 e. The first kappa shape index (κ1) is 14.5. The van der Waals surface area contributed by atoms with E-state index in [0.29, 0.717) is 0 Å². The molecule has 0 aliphatic carbocycles. The van der Waals surface area contributed by atoms with E-state index in [2.05, 4.69) is 15.1 Å². The molecule has 0 radical (unpaired) electrons. The Hall–Kier alpha value is -1.90. The number of halogens is 2. The average Bonchev–Trinajstić information content (AvgIpc) is 2.42. The molecule has 9 heteroatoms. The maximum atomic E-state index is 13.6. The van der Waals surface area contributed by atoms with E-state index < -0.39 is 15.8 Å². The number of benzene rings is 1. The van der Waals surface area contributed by atoms with Crippen LogP contribution in [0.2, 0.25) is 5.02 Å². The lowest BCUT2D eigenvalue weighted by Crippen LogP contribution is -2.19. The first-order valence-corrected chi connectivity index (χ1v) is 7.19. The van der Waals surface area contributed by atoms with Gasteiger partial charge in [-0.15, -0.1) is 0 Å². The number of sulfonamides is 1. The first-order chi connectivity index (χ1) is 9.44. The normalized spacial score (nSPS) is 11.2. The van der Waals surface area contributed by atoms with E-state index in [0.717, 1.165) is 6.07 Å². The Morgan fingerprint density at radius 2 is 2.05 bits per heavy atom.